The molecule has 0 radical (unpaired) electrons. The van der Waals surface area contributed by atoms with Gasteiger partial charge in [0.25, 0.3) is 0 Å². The Labute approximate surface area is 264 Å². The Morgan fingerprint density at radius 3 is 1.98 bits per heavy atom. The summed E-state index contributed by atoms with van der Waals surface area (Å²) in [4.78, 5) is 27.4. The number of esters is 2. The number of hydrogen-bond acceptors (Lipinski definition) is 10. The number of carbonyl (C=O) groups is 2. The highest BCUT2D eigenvalue weighted by molar-refractivity contribution is 7.89. The number of hydroxylamine groups is 1. The molecular formula is C25H25F9N4O9S. The molecule has 23 heteroatoms. The van der Waals surface area contributed by atoms with Crippen molar-refractivity contribution >= 4 is 27.9 Å². The van der Waals surface area contributed by atoms with E-state index in [2.05, 4.69) is 19.7 Å². The number of halogens is 9. The van der Waals surface area contributed by atoms with E-state index in [4.69, 9.17) is 20.7 Å². The van der Waals surface area contributed by atoms with Crippen molar-refractivity contribution in [2.24, 2.45) is 5.73 Å². The van der Waals surface area contributed by atoms with Gasteiger partial charge in [0.05, 0.1) is 13.2 Å². The summed E-state index contributed by atoms with van der Waals surface area (Å²) in [5.41, 5.74) is 7.15. The quantitative estimate of drug-likeness (QED) is 0.0378. The van der Waals surface area contributed by atoms with Gasteiger partial charge in [0.1, 0.15) is 28.2 Å². The molecule has 0 unspecified atom stereocenters. The fourth-order valence-corrected chi connectivity index (χ4v) is 4.63. The van der Waals surface area contributed by atoms with Crippen LogP contribution in [0.5, 0.6) is 17.2 Å². The van der Waals surface area contributed by atoms with Gasteiger partial charge in [-0.3, -0.25) is 10.2 Å². The predicted octanol–water partition coefficient (Wildman–Crippen LogP) is 3.27. The topological polar surface area (TPSA) is 188 Å². The lowest BCUT2D eigenvalue weighted by Crippen LogP contribution is -2.45. The minimum atomic E-state index is -5.70. The smallest absolute Gasteiger partial charge is 0.491 e. The largest absolute Gasteiger partial charge is 0.494 e. The summed E-state index contributed by atoms with van der Waals surface area (Å²) < 4.78 is 161. The molecule has 0 bridgehead atoms. The van der Waals surface area contributed by atoms with Crippen LogP contribution in [0.2, 0.25) is 0 Å². The first-order valence-corrected chi connectivity index (χ1v) is 14.4. The SMILES string of the molecule is N=C(N)NOCCCOc1ccc(C[C@H](NS(=O)(=O)c2cc(OCC(F)(F)F)ccc2OCC(F)(F)F)C(=O)OC(=O)C(F)(F)F)cc1. The van der Waals surface area contributed by atoms with Gasteiger partial charge in [-0.15, -0.1) is 0 Å². The molecule has 0 heterocycles. The second-order valence-electron chi connectivity index (χ2n) is 9.21. The first-order chi connectivity index (χ1) is 22.1. The van der Waals surface area contributed by atoms with E-state index in [0.29, 0.717) is 24.6 Å². The van der Waals surface area contributed by atoms with Crippen molar-refractivity contribution in [1.29, 1.82) is 5.41 Å². The Hall–Kier alpha value is -4.51. The molecule has 0 aliphatic carbocycles. The van der Waals surface area contributed by atoms with E-state index < -0.39 is 88.5 Å². The molecule has 0 aliphatic heterocycles. The lowest BCUT2D eigenvalue weighted by molar-refractivity contribution is -0.202. The van der Waals surface area contributed by atoms with E-state index in [9.17, 15) is 57.5 Å². The number of alkyl halides is 9. The maximum atomic E-state index is 13.3. The molecule has 0 aromatic heterocycles. The molecule has 5 N–H and O–H groups in total. The van der Waals surface area contributed by atoms with Crippen LogP contribution >= 0.6 is 0 Å². The van der Waals surface area contributed by atoms with E-state index in [1.807, 2.05) is 0 Å². The summed E-state index contributed by atoms with van der Waals surface area (Å²) in [6, 6.07) is 4.16. The van der Waals surface area contributed by atoms with Gasteiger partial charge in [-0.1, -0.05) is 12.1 Å². The molecule has 268 valence electrons. The van der Waals surface area contributed by atoms with E-state index in [1.54, 1.807) is 4.72 Å². The van der Waals surface area contributed by atoms with Crippen LogP contribution in [0, 0.1) is 5.41 Å². The number of hydrogen-bond donors (Lipinski definition) is 4. The van der Waals surface area contributed by atoms with Crippen LogP contribution in [0.3, 0.4) is 0 Å². The monoisotopic (exact) mass is 728 g/mol. The number of nitrogens with one attached hydrogen (secondary N) is 3. The van der Waals surface area contributed by atoms with Crippen LogP contribution in [0.25, 0.3) is 0 Å². The van der Waals surface area contributed by atoms with Crippen LogP contribution in [0.4, 0.5) is 39.5 Å². The van der Waals surface area contributed by atoms with Gasteiger partial charge >= 0.3 is 30.5 Å². The normalized spacial score (nSPS) is 12.9. The lowest BCUT2D eigenvalue weighted by atomic mass is 10.1. The minimum absolute atomic E-state index is 0.0243. The van der Waals surface area contributed by atoms with Crippen LogP contribution in [-0.4, -0.2) is 77.3 Å². The molecule has 0 fully saturated rings. The third kappa shape index (κ3) is 14.5. The number of rotatable bonds is 16. The Morgan fingerprint density at radius 1 is 0.833 bits per heavy atom. The van der Waals surface area contributed by atoms with Crippen LogP contribution in [0.1, 0.15) is 12.0 Å². The van der Waals surface area contributed by atoms with Crippen molar-refractivity contribution in [2.45, 2.75) is 42.3 Å². The molecule has 2 aromatic carbocycles. The molecule has 48 heavy (non-hydrogen) atoms. The Kier molecular flexibility index (Phi) is 13.7. The van der Waals surface area contributed by atoms with Crippen molar-refractivity contribution < 1.29 is 81.3 Å². The molecule has 2 aromatic rings. The van der Waals surface area contributed by atoms with Crippen LogP contribution < -0.4 is 30.1 Å². The summed E-state index contributed by atoms with van der Waals surface area (Å²) in [6.45, 7) is -3.88. The lowest BCUT2D eigenvalue weighted by Gasteiger charge is -2.20. The molecule has 1 atom stereocenters. The minimum Gasteiger partial charge on any atom is -0.494 e. The highest BCUT2D eigenvalue weighted by Gasteiger charge is 2.44. The third-order valence-corrected chi connectivity index (χ3v) is 6.70. The van der Waals surface area contributed by atoms with E-state index in [-0.39, 0.29) is 24.5 Å². The van der Waals surface area contributed by atoms with Crippen molar-refractivity contribution in [3.63, 3.8) is 0 Å². The number of nitrogens with two attached hydrogens (primary N) is 1. The van der Waals surface area contributed by atoms with Crippen molar-refractivity contribution in [3.8, 4) is 17.2 Å². The fourth-order valence-electron chi connectivity index (χ4n) is 3.28. The number of sulfonamides is 1. The van der Waals surface area contributed by atoms with Gasteiger partial charge in [-0.2, -0.15) is 44.2 Å². The van der Waals surface area contributed by atoms with E-state index in [0.717, 1.165) is 0 Å². The molecule has 0 amide bonds. The molecule has 0 spiro atoms. The molecule has 2 rings (SSSR count). The van der Waals surface area contributed by atoms with Gasteiger partial charge in [0.15, 0.2) is 13.2 Å². The molecular weight excluding hydrogens is 703 g/mol. The highest BCUT2D eigenvalue weighted by atomic mass is 32.2. The van der Waals surface area contributed by atoms with Crippen molar-refractivity contribution in [2.75, 3.05) is 26.4 Å². The first-order valence-electron chi connectivity index (χ1n) is 12.9. The van der Waals surface area contributed by atoms with Crippen LogP contribution in [0.15, 0.2) is 47.4 Å². The summed E-state index contributed by atoms with van der Waals surface area (Å²) >= 11 is 0. The first kappa shape index (κ1) is 39.7. The second-order valence-corrected chi connectivity index (χ2v) is 10.9. The van der Waals surface area contributed by atoms with Crippen molar-refractivity contribution in [3.05, 3.63) is 48.0 Å². The molecule has 0 saturated carbocycles. The Balaban J connectivity index is 2.36. The maximum absolute atomic E-state index is 13.3. The maximum Gasteiger partial charge on any atom is 0.491 e. The molecule has 0 saturated heterocycles. The average molecular weight is 729 g/mol. The zero-order valence-electron chi connectivity index (χ0n) is 23.9. The molecule has 13 nitrogen and oxygen atoms in total. The average Bonchev–Trinajstić information content (AvgIpc) is 2.95. The number of guanidine groups is 1. The number of carbonyl (C=O) groups excluding carboxylic acids is 2. The fraction of sp³-hybridized carbons (Fsp3) is 0.400. The summed E-state index contributed by atoms with van der Waals surface area (Å²) in [6.07, 6.45) is -16.2. The predicted molar refractivity (Wildman–Crippen MR) is 142 cm³/mol. The van der Waals surface area contributed by atoms with E-state index >= 15 is 0 Å². The zero-order valence-corrected chi connectivity index (χ0v) is 24.7. The third-order valence-electron chi connectivity index (χ3n) is 5.21. The summed E-state index contributed by atoms with van der Waals surface area (Å²) in [5, 5.41) is 6.94. The summed E-state index contributed by atoms with van der Waals surface area (Å²) in [7, 11) is -5.36. The Morgan fingerprint density at radius 2 is 1.42 bits per heavy atom. The van der Waals surface area contributed by atoms with Gasteiger partial charge in [0, 0.05) is 12.5 Å². The number of benzene rings is 2. The van der Waals surface area contributed by atoms with Gasteiger partial charge in [-0.25, -0.2) is 23.5 Å². The Bertz CT molecular complexity index is 1520. The van der Waals surface area contributed by atoms with Gasteiger partial charge < -0.3 is 24.7 Å². The molecule has 0 aliphatic rings. The van der Waals surface area contributed by atoms with E-state index in [1.165, 1.54) is 24.3 Å². The zero-order chi connectivity index (χ0) is 36.3. The highest BCUT2D eigenvalue weighted by Crippen LogP contribution is 2.31. The van der Waals surface area contributed by atoms with Gasteiger partial charge in [-0.05, 0) is 36.2 Å². The summed E-state index contributed by atoms with van der Waals surface area (Å²) in [5.74, 6) is -7.27. The standard InChI is InChI=1S/C25H25F9N4O9S/c26-23(27,28)12-44-16-6-7-18(45-13-24(29,30)31)19(11-16)48(41,42)38-17(20(39)47-21(40)25(32,33)34)10-14-2-4-15(5-3-14)43-8-1-9-46-37-22(35)36/h2-7,11,17,38H,1,8-10,12-13H2,(H4,35,36,37)/t17-/m0/s1. The number of ether oxygens (including phenoxy) is 4. The van der Waals surface area contributed by atoms with Crippen molar-refractivity contribution in [1.82, 2.24) is 10.2 Å². The second kappa shape index (κ2) is 16.5. The van der Waals surface area contributed by atoms with Gasteiger partial charge in [0.2, 0.25) is 16.0 Å². The van der Waals surface area contributed by atoms with Crippen LogP contribution in [-0.2, 0) is 35.6 Å².